The van der Waals surface area contributed by atoms with Gasteiger partial charge >= 0.3 is 0 Å². The zero-order valence-electron chi connectivity index (χ0n) is 16.0. The van der Waals surface area contributed by atoms with Crippen LogP contribution in [0.25, 0.3) is 5.69 Å². The van der Waals surface area contributed by atoms with Crippen LogP contribution >= 0.6 is 0 Å². The number of anilines is 1. The van der Waals surface area contributed by atoms with Gasteiger partial charge in [0.2, 0.25) is 15.9 Å². The van der Waals surface area contributed by atoms with Crippen LogP contribution < -0.4 is 5.32 Å². The molecule has 1 aliphatic rings. The lowest BCUT2D eigenvalue weighted by Crippen LogP contribution is -2.43. The Hall–Kier alpha value is -2.97. The maximum atomic E-state index is 13.1. The van der Waals surface area contributed by atoms with Crippen molar-refractivity contribution in [1.82, 2.24) is 14.1 Å². The molecule has 1 N–H and O–H groups in total. The van der Waals surface area contributed by atoms with Gasteiger partial charge in [0.25, 0.3) is 0 Å². The SMILES string of the molecule is Cc1ccc(S(=O)(=O)N2CCC[C@H]2C(=O)Nc2cccc(-n3cccn3)c2)cc1. The molecule has 150 valence electrons. The zero-order valence-corrected chi connectivity index (χ0v) is 16.8. The number of aromatic nitrogens is 2. The summed E-state index contributed by atoms with van der Waals surface area (Å²) in [6.07, 6.45) is 4.64. The summed E-state index contributed by atoms with van der Waals surface area (Å²) >= 11 is 0. The number of hydrogen-bond acceptors (Lipinski definition) is 4. The molecule has 0 bridgehead atoms. The third kappa shape index (κ3) is 3.94. The van der Waals surface area contributed by atoms with Crippen molar-refractivity contribution in [3.05, 3.63) is 72.6 Å². The second-order valence-corrected chi connectivity index (χ2v) is 8.97. The molecule has 4 rings (SSSR count). The van der Waals surface area contributed by atoms with Gasteiger partial charge in [-0.15, -0.1) is 0 Å². The number of nitrogens with zero attached hydrogens (tertiary/aromatic N) is 3. The molecule has 2 heterocycles. The molecule has 0 saturated carbocycles. The Morgan fingerprint density at radius 2 is 1.93 bits per heavy atom. The van der Waals surface area contributed by atoms with Crippen LogP contribution in [0.4, 0.5) is 5.69 Å². The van der Waals surface area contributed by atoms with E-state index in [4.69, 9.17) is 0 Å². The molecule has 1 amide bonds. The van der Waals surface area contributed by atoms with Crippen LogP contribution in [0.1, 0.15) is 18.4 Å². The molecule has 0 spiro atoms. The first-order valence-corrected chi connectivity index (χ1v) is 10.9. The predicted octanol–water partition coefficient (Wildman–Crippen LogP) is 2.97. The van der Waals surface area contributed by atoms with Crippen molar-refractivity contribution in [2.75, 3.05) is 11.9 Å². The number of carbonyl (C=O) groups excluding carboxylic acids is 1. The number of amides is 1. The Morgan fingerprint density at radius 3 is 2.66 bits per heavy atom. The topological polar surface area (TPSA) is 84.3 Å². The van der Waals surface area contributed by atoms with Gasteiger partial charge in [-0.25, -0.2) is 13.1 Å². The van der Waals surface area contributed by atoms with Gasteiger partial charge < -0.3 is 5.32 Å². The van der Waals surface area contributed by atoms with Crippen LogP contribution in [-0.4, -0.2) is 41.0 Å². The lowest BCUT2D eigenvalue weighted by atomic mass is 10.2. The first-order valence-electron chi connectivity index (χ1n) is 9.44. The number of carbonyl (C=O) groups is 1. The summed E-state index contributed by atoms with van der Waals surface area (Å²) in [6.45, 7) is 2.24. The number of hydrogen-bond donors (Lipinski definition) is 1. The minimum Gasteiger partial charge on any atom is -0.325 e. The average Bonchev–Trinajstić information content (AvgIpc) is 3.41. The highest BCUT2D eigenvalue weighted by Crippen LogP contribution is 2.27. The third-order valence-corrected chi connectivity index (χ3v) is 6.94. The summed E-state index contributed by atoms with van der Waals surface area (Å²) in [5.74, 6) is -0.323. The van der Waals surface area contributed by atoms with E-state index in [1.165, 1.54) is 4.31 Å². The maximum Gasteiger partial charge on any atom is 0.243 e. The van der Waals surface area contributed by atoms with Gasteiger partial charge in [-0.05, 0) is 56.2 Å². The van der Waals surface area contributed by atoms with E-state index in [9.17, 15) is 13.2 Å². The highest BCUT2D eigenvalue weighted by Gasteiger charge is 2.39. The smallest absolute Gasteiger partial charge is 0.243 e. The largest absolute Gasteiger partial charge is 0.325 e. The average molecular weight is 410 g/mol. The molecule has 1 saturated heterocycles. The van der Waals surface area contributed by atoms with Crippen LogP contribution in [-0.2, 0) is 14.8 Å². The molecule has 0 aliphatic carbocycles. The van der Waals surface area contributed by atoms with E-state index >= 15 is 0 Å². The maximum absolute atomic E-state index is 13.1. The minimum atomic E-state index is -3.73. The molecule has 1 aliphatic heterocycles. The minimum absolute atomic E-state index is 0.212. The summed E-state index contributed by atoms with van der Waals surface area (Å²) < 4.78 is 29.1. The molecule has 0 unspecified atom stereocenters. The quantitative estimate of drug-likeness (QED) is 0.701. The van der Waals surface area contributed by atoms with Crippen LogP contribution in [0.15, 0.2) is 71.9 Å². The van der Waals surface area contributed by atoms with E-state index in [1.807, 2.05) is 31.3 Å². The monoisotopic (exact) mass is 410 g/mol. The Morgan fingerprint density at radius 1 is 1.14 bits per heavy atom. The predicted molar refractivity (Wildman–Crippen MR) is 110 cm³/mol. The van der Waals surface area contributed by atoms with Crippen LogP contribution in [0.2, 0.25) is 0 Å². The fourth-order valence-electron chi connectivity index (χ4n) is 3.51. The van der Waals surface area contributed by atoms with E-state index in [0.29, 0.717) is 25.1 Å². The molecule has 1 atom stereocenters. The number of sulfonamides is 1. The fraction of sp³-hybridized carbons (Fsp3) is 0.238. The molecule has 2 aromatic carbocycles. The Kier molecular flexibility index (Phi) is 5.21. The molecule has 8 heteroatoms. The highest BCUT2D eigenvalue weighted by atomic mass is 32.2. The van der Waals surface area contributed by atoms with Crippen molar-refractivity contribution in [3.8, 4) is 5.69 Å². The number of benzene rings is 2. The van der Waals surface area contributed by atoms with Crippen molar-refractivity contribution in [3.63, 3.8) is 0 Å². The normalized spacial score (nSPS) is 17.3. The van der Waals surface area contributed by atoms with Crippen molar-refractivity contribution in [2.24, 2.45) is 0 Å². The van der Waals surface area contributed by atoms with E-state index in [2.05, 4.69) is 10.4 Å². The van der Waals surface area contributed by atoms with E-state index in [1.54, 1.807) is 47.3 Å². The molecule has 7 nitrogen and oxygen atoms in total. The van der Waals surface area contributed by atoms with E-state index in [-0.39, 0.29) is 10.8 Å². The summed E-state index contributed by atoms with van der Waals surface area (Å²) in [5, 5.41) is 7.05. The van der Waals surface area contributed by atoms with Gasteiger partial charge in [0.1, 0.15) is 6.04 Å². The van der Waals surface area contributed by atoms with Gasteiger partial charge in [0.15, 0.2) is 0 Å². The van der Waals surface area contributed by atoms with Crippen LogP contribution in [0.3, 0.4) is 0 Å². The standard InChI is InChI=1S/C21H22N4O3S/c1-16-8-10-19(11-9-16)29(27,28)25-14-3-7-20(25)21(26)23-17-5-2-6-18(15-17)24-13-4-12-22-24/h2,4-6,8-13,15,20H,3,7,14H2,1H3,(H,23,26)/t20-/m0/s1. The van der Waals surface area contributed by atoms with Crippen molar-refractivity contribution < 1.29 is 13.2 Å². The van der Waals surface area contributed by atoms with Gasteiger partial charge in [-0.2, -0.15) is 9.40 Å². The molecule has 1 fully saturated rings. The second-order valence-electron chi connectivity index (χ2n) is 7.08. The lowest BCUT2D eigenvalue weighted by Gasteiger charge is -2.23. The van der Waals surface area contributed by atoms with Gasteiger partial charge in [-0.1, -0.05) is 23.8 Å². The molecule has 0 radical (unpaired) electrons. The number of aryl methyl sites for hydroxylation is 1. The first kappa shape index (κ1) is 19.4. The van der Waals surface area contributed by atoms with Gasteiger partial charge in [0.05, 0.1) is 10.6 Å². The molecule has 29 heavy (non-hydrogen) atoms. The summed E-state index contributed by atoms with van der Waals surface area (Å²) in [6, 6.07) is 15.1. The molecular weight excluding hydrogens is 388 g/mol. The number of nitrogens with one attached hydrogen (secondary N) is 1. The van der Waals surface area contributed by atoms with E-state index < -0.39 is 16.1 Å². The van der Waals surface area contributed by atoms with Crippen LogP contribution in [0.5, 0.6) is 0 Å². The van der Waals surface area contributed by atoms with Crippen LogP contribution in [0, 0.1) is 6.92 Å². The van der Waals surface area contributed by atoms with Gasteiger partial charge in [-0.3, -0.25) is 4.79 Å². The fourth-order valence-corrected chi connectivity index (χ4v) is 5.17. The van der Waals surface area contributed by atoms with Crippen molar-refractivity contribution in [1.29, 1.82) is 0 Å². The first-order chi connectivity index (χ1) is 13.9. The van der Waals surface area contributed by atoms with E-state index in [0.717, 1.165) is 11.3 Å². The summed E-state index contributed by atoms with van der Waals surface area (Å²) in [4.78, 5) is 13.1. The summed E-state index contributed by atoms with van der Waals surface area (Å²) in [7, 11) is -3.73. The van der Waals surface area contributed by atoms with Crippen molar-refractivity contribution >= 4 is 21.6 Å². The molecule has 1 aromatic heterocycles. The highest BCUT2D eigenvalue weighted by molar-refractivity contribution is 7.89. The Bertz CT molecular complexity index is 1110. The zero-order chi connectivity index (χ0) is 20.4. The summed E-state index contributed by atoms with van der Waals surface area (Å²) in [5.41, 5.74) is 2.39. The lowest BCUT2D eigenvalue weighted by molar-refractivity contribution is -0.119. The number of rotatable bonds is 5. The molecule has 3 aromatic rings. The van der Waals surface area contributed by atoms with Crippen molar-refractivity contribution in [2.45, 2.75) is 30.7 Å². The second kappa shape index (κ2) is 7.81. The van der Waals surface area contributed by atoms with Gasteiger partial charge in [0, 0.05) is 24.6 Å². The molecular formula is C21H22N4O3S. The Balaban J connectivity index is 1.54. The Labute approximate surface area is 170 Å². The third-order valence-electron chi connectivity index (χ3n) is 5.02.